The Morgan fingerprint density at radius 2 is 1.76 bits per heavy atom. The number of phenolic OH excluding ortho intramolecular Hbond substituents is 1. The first kappa shape index (κ1) is 27.8. The van der Waals surface area contributed by atoms with Crippen molar-refractivity contribution in [2.24, 2.45) is 0 Å². The van der Waals surface area contributed by atoms with E-state index in [9.17, 15) is 22.7 Å². The molecule has 1 atom stereocenters. The summed E-state index contributed by atoms with van der Waals surface area (Å²) in [6.45, 7) is 7.77. The van der Waals surface area contributed by atoms with Gasteiger partial charge < -0.3 is 14.7 Å². The quantitative estimate of drug-likeness (QED) is 0.324. The number of nitrogens with one attached hydrogen (secondary N) is 1. The second kappa shape index (κ2) is 9.85. The largest absolute Gasteiger partial charge is 0.505 e. The summed E-state index contributed by atoms with van der Waals surface area (Å²) in [6, 6.07) is 9.16. The topological polar surface area (TPSA) is 95.9 Å². The Kier molecular flexibility index (Phi) is 7.22. The van der Waals surface area contributed by atoms with Crippen molar-refractivity contribution in [3.05, 3.63) is 69.7 Å². The van der Waals surface area contributed by atoms with E-state index < -0.39 is 50.0 Å². The number of likely N-dealkylation sites (N-methyl/N-ethyl adjacent to an activating group) is 1. The molecule has 1 heterocycles. The van der Waals surface area contributed by atoms with Crippen molar-refractivity contribution >= 4 is 37.5 Å². The SMILES string of the molecule is C[C@H]1CN(C)C(=O)c2cc(Br)c(O)c(c2)S(=O)(=O)Nc2cc(c(F)cc2F)-c2cc(C(C)(C)C)ccc2O1. The van der Waals surface area contributed by atoms with Crippen LogP contribution in [0.25, 0.3) is 11.1 Å². The highest BCUT2D eigenvalue weighted by atomic mass is 79.9. The molecule has 0 spiro atoms. The van der Waals surface area contributed by atoms with Crippen molar-refractivity contribution in [1.29, 1.82) is 0 Å². The predicted molar refractivity (Wildman–Crippen MR) is 144 cm³/mol. The molecule has 1 aliphatic rings. The van der Waals surface area contributed by atoms with Gasteiger partial charge in [0.15, 0.2) is 0 Å². The number of rotatable bonds is 0. The number of nitrogens with zero attached hydrogens (tertiary/aromatic N) is 1. The summed E-state index contributed by atoms with van der Waals surface area (Å²) in [5, 5.41) is 10.5. The molecule has 3 aromatic carbocycles. The highest BCUT2D eigenvalue weighted by Gasteiger charge is 2.28. The fourth-order valence-corrected chi connectivity index (χ4v) is 5.98. The molecule has 0 aliphatic carbocycles. The first-order valence-corrected chi connectivity index (χ1v) is 14.0. The van der Waals surface area contributed by atoms with Crippen molar-refractivity contribution in [2.75, 3.05) is 18.3 Å². The molecule has 1 amide bonds. The number of halogens is 3. The van der Waals surface area contributed by atoms with Gasteiger partial charge in [0.1, 0.15) is 34.1 Å². The first-order chi connectivity index (χ1) is 17.6. The zero-order valence-electron chi connectivity index (χ0n) is 21.4. The maximum absolute atomic E-state index is 15.2. The number of carbonyl (C=O) groups is 1. The lowest BCUT2D eigenvalue weighted by Crippen LogP contribution is -2.35. The Morgan fingerprint density at radius 1 is 1.08 bits per heavy atom. The van der Waals surface area contributed by atoms with Gasteiger partial charge in [-0.2, -0.15) is 0 Å². The summed E-state index contributed by atoms with van der Waals surface area (Å²) in [4.78, 5) is 13.9. The molecule has 0 saturated carbocycles. The van der Waals surface area contributed by atoms with Crippen molar-refractivity contribution in [1.82, 2.24) is 4.90 Å². The van der Waals surface area contributed by atoms with E-state index in [0.717, 1.165) is 17.7 Å². The molecule has 1 aliphatic heterocycles. The monoisotopic (exact) mass is 608 g/mol. The number of hydrogen-bond donors (Lipinski definition) is 2. The van der Waals surface area contributed by atoms with Crippen LogP contribution in [0.4, 0.5) is 14.5 Å². The summed E-state index contributed by atoms with van der Waals surface area (Å²) in [5.74, 6) is -3.00. The summed E-state index contributed by atoms with van der Waals surface area (Å²) in [5.41, 5.74) is 0.151. The number of anilines is 1. The van der Waals surface area contributed by atoms with Crippen molar-refractivity contribution in [3.8, 4) is 22.6 Å². The molecular weight excluding hydrogens is 582 g/mol. The maximum atomic E-state index is 15.2. The van der Waals surface area contributed by atoms with E-state index in [-0.39, 0.29) is 38.9 Å². The first-order valence-electron chi connectivity index (χ1n) is 11.7. The van der Waals surface area contributed by atoms with Gasteiger partial charge in [0.2, 0.25) is 0 Å². The van der Waals surface area contributed by atoms with Crippen LogP contribution in [0.5, 0.6) is 11.5 Å². The van der Waals surface area contributed by atoms with Crippen LogP contribution in [0.15, 0.2) is 51.8 Å². The van der Waals surface area contributed by atoms with Crippen molar-refractivity contribution in [3.63, 3.8) is 0 Å². The van der Waals surface area contributed by atoms with E-state index in [1.807, 2.05) is 26.8 Å². The second-order valence-electron chi connectivity index (χ2n) is 10.3. The van der Waals surface area contributed by atoms with Gasteiger partial charge in [0, 0.05) is 29.8 Å². The van der Waals surface area contributed by atoms with Crippen molar-refractivity contribution < 1.29 is 31.8 Å². The Morgan fingerprint density at radius 3 is 2.42 bits per heavy atom. The highest BCUT2D eigenvalue weighted by molar-refractivity contribution is 9.10. The standard InChI is InChI=1S/C27H27BrF2N2O5S/c1-14-13-32(5)26(34)15-8-19(28)25(33)24(9-15)38(35,36)31-22-11-17(20(29)12-21(22)30)18-10-16(27(2,3)4)6-7-23(18)37-14/h6-12,14,31,33H,13H2,1-5H3/t14-/m0/s1. The molecule has 7 nitrogen and oxygen atoms in total. The number of amides is 1. The zero-order chi connectivity index (χ0) is 28.2. The maximum Gasteiger partial charge on any atom is 0.265 e. The van der Waals surface area contributed by atoms with E-state index in [4.69, 9.17) is 4.74 Å². The van der Waals surface area contributed by atoms with E-state index in [1.54, 1.807) is 19.1 Å². The molecule has 0 saturated heterocycles. The molecule has 3 aromatic rings. The Hall–Kier alpha value is -3.18. The Labute approximate surface area is 228 Å². The van der Waals surface area contributed by atoms with Gasteiger partial charge in [-0.15, -0.1) is 0 Å². The number of aromatic hydroxyl groups is 1. The molecule has 4 bridgehead atoms. The zero-order valence-corrected chi connectivity index (χ0v) is 23.8. The summed E-state index contributed by atoms with van der Waals surface area (Å²) in [6.07, 6.45) is -0.557. The van der Waals surface area contributed by atoms with Gasteiger partial charge in [0.05, 0.1) is 16.7 Å². The van der Waals surface area contributed by atoms with Gasteiger partial charge in [0.25, 0.3) is 15.9 Å². The Balaban J connectivity index is 2.01. The predicted octanol–water partition coefficient (Wildman–Crippen LogP) is 6.05. The fourth-order valence-electron chi connectivity index (χ4n) is 4.19. The third kappa shape index (κ3) is 5.35. The number of hydrogen-bond acceptors (Lipinski definition) is 5. The van der Waals surface area contributed by atoms with Gasteiger partial charge in [-0.3, -0.25) is 9.52 Å². The average Bonchev–Trinajstić information content (AvgIpc) is 2.81. The lowest BCUT2D eigenvalue weighted by molar-refractivity contribution is 0.0727. The second-order valence-corrected chi connectivity index (χ2v) is 12.8. The third-order valence-electron chi connectivity index (χ3n) is 6.21. The lowest BCUT2D eigenvalue weighted by atomic mass is 9.85. The number of carbonyl (C=O) groups excluding carboxylic acids is 1. The average molecular weight is 609 g/mol. The number of sulfonamides is 1. The van der Waals surface area contributed by atoms with Gasteiger partial charge in [-0.05, 0) is 64.2 Å². The van der Waals surface area contributed by atoms with Crippen molar-refractivity contribution in [2.45, 2.75) is 44.1 Å². The number of fused-ring (bicyclic) bond motifs is 6. The number of benzene rings is 3. The minimum absolute atomic E-state index is 0.0323. The molecule has 0 radical (unpaired) electrons. The van der Waals surface area contributed by atoms with Crippen LogP contribution in [0.2, 0.25) is 0 Å². The normalized spacial score (nSPS) is 17.5. The molecule has 0 fully saturated rings. The summed E-state index contributed by atoms with van der Waals surface area (Å²) in [7, 11) is -3.10. The van der Waals surface area contributed by atoms with Gasteiger partial charge in [-0.1, -0.05) is 26.8 Å². The molecular formula is C27H27BrF2N2O5S. The third-order valence-corrected chi connectivity index (χ3v) is 8.19. The summed E-state index contributed by atoms with van der Waals surface area (Å²) < 4.78 is 64.9. The molecule has 11 heteroatoms. The van der Waals surface area contributed by atoms with Crippen LogP contribution in [0, 0.1) is 11.6 Å². The smallest absolute Gasteiger partial charge is 0.265 e. The molecule has 0 unspecified atom stereocenters. The van der Waals surface area contributed by atoms with E-state index in [2.05, 4.69) is 20.7 Å². The molecule has 0 aromatic heterocycles. The number of ether oxygens (including phenoxy) is 1. The van der Waals surface area contributed by atoms with E-state index >= 15 is 4.39 Å². The van der Waals surface area contributed by atoms with Gasteiger partial charge in [-0.25, -0.2) is 17.2 Å². The highest BCUT2D eigenvalue weighted by Crippen LogP contribution is 2.40. The molecule has 4 rings (SSSR count). The van der Waals surface area contributed by atoms with Crippen LogP contribution in [-0.2, 0) is 15.4 Å². The summed E-state index contributed by atoms with van der Waals surface area (Å²) >= 11 is 3.08. The molecule has 2 N–H and O–H groups in total. The Bertz CT molecular complexity index is 1550. The minimum Gasteiger partial charge on any atom is -0.505 e. The van der Waals surface area contributed by atoms with E-state index in [1.165, 1.54) is 18.0 Å². The minimum atomic E-state index is -4.62. The van der Waals surface area contributed by atoms with Gasteiger partial charge >= 0.3 is 0 Å². The molecule has 202 valence electrons. The van der Waals surface area contributed by atoms with Crippen LogP contribution < -0.4 is 9.46 Å². The van der Waals surface area contributed by atoms with E-state index in [0.29, 0.717) is 6.07 Å². The lowest BCUT2D eigenvalue weighted by Gasteiger charge is -2.26. The van der Waals surface area contributed by atoms with Crippen LogP contribution in [0.1, 0.15) is 43.6 Å². The fraction of sp³-hybridized carbons (Fsp3) is 0.296. The van der Waals surface area contributed by atoms with Crippen LogP contribution in [-0.4, -0.2) is 44.0 Å². The van der Waals surface area contributed by atoms with Crippen LogP contribution in [0.3, 0.4) is 0 Å². The molecule has 38 heavy (non-hydrogen) atoms. The van der Waals surface area contributed by atoms with Crippen LogP contribution >= 0.6 is 15.9 Å². The number of phenols is 1.